The summed E-state index contributed by atoms with van der Waals surface area (Å²) in [6, 6.07) is 5.80. The second-order valence-corrected chi connectivity index (χ2v) is 5.33. The van der Waals surface area contributed by atoms with E-state index in [1.165, 1.54) is 0 Å². The van der Waals surface area contributed by atoms with Crippen LogP contribution >= 0.6 is 22.9 Å². The van der Waals surface area contributed by atoms with Crippen LogP contribution in [0.1, 0.15) is 5.56 Å². The maximum atomic E-state index is 6.28. The van der Waals surface area contributed by atoms with Gasteiger partial charge in [-0.1, -0.05) is 11.6 Å². The summed E-state index contributed by atoms with van der Waals surface area (Å²) in [4.78, 5) is 8.97. The van der Waals surface area contributed by atoms with E-state index in [0.29, 0.717) is 11.0 Å². The zero-order valence-corrected chi connectivity index (χ0v) is 12.0. The van der Waals surface area contributed by atoms with E-state index in [1.807, 2.05) is 35.9 Å². The summed E-state index contributed by atoms with van der Waals surface area (Å²) in [5, 5.41) is 5.28. The van der Waals surface area contributed by atoms with Gasteiger partial charge in [0.05, 0.1) is 12.6 Å². The van der Waals surface area contributed by atoms with E-state index in [1.54, 1.807) is 18.4 Å². The molecule has 96 valence electrons. The lowest BCUT2D eigenvalue weighted by molar-refractivity contribution is 0.415. The topological polar surface area (TPSA) is 35.0 Å². The summed E-state index contributed by atoms with van der Waals surface area (Å²) < 4.78 is 5.25. The fraction of sp³-hybridized carbons (Fsp3) is 0.143. The first-order valence-corrected chi connectivity index (χ1v) is 7.05. The predicted octanol–water partition coefficient (Wildman–Crippen LogP) is 4.33. The van der Waals surface area contributed by atoms with E-state index in [0.717, 1.165) is 27.8 Å². The van der Waals surface area contributed by atoms with Gasteiger partial charge in [-0.05, 0) is 36.1 Å². The minimum atomic E-state index is 0.452. The molecule has 1 aromatic carbocycles. The Morgan fingerprint density at radius 2 is 2.11 bits per heavy atom. The molecule has 19 heavy (non-hydrogen) atoms. The zero-order valence-electron chi connectivity index (χ0n) is 10.5. The van der Waals surface area contributed by atoms with Gasteiger partial charge < -0.3 is 4.74 Å². The Labute approximate surface area is 119 Å². The molecule has 0 saturated carbocycles. The Kier molecular flexibility index (Phi) is 3.12. The van der Waals surface area contributed by atoms with Crippen LogP contribution in [0, 0.1) is 6.92 Å². The van der Waals surface area contributed by atoms with Crippen molar-refractivity contribution in [1.29, 1.82) is 0 Å². The smallest absolute Gasteiger partial charge is 0.162 e. The molecule has 0 saturated heterocycles. The molecule has 0 amide bonds. The van der Waals surface area contributed by atoms with Crippen molar-refractivity contribution in [2.75, 3.05) is 7.11 Å². The molecule has 2 heterocycles. The second-order valence-electron chi connectivity index (χ2n) is 4.19. The van der Waals surface area contributed by atoms with Crippen LogP contribution in [0.4, 0.5) is 0 Å². The van der Waals surface area contributed by atoms with Crippen molar-refractivity contribution in [1.82, 2.24) is 9.97 Å². The van der Waals surface area contributed by atoms with Gasteiger partial charge in [0.25, 0.3) is 0 Å². The SMILES string of the molecule is COc1cc(C)c2nc(-c3ccsc3)nc(Cl)c2c1. The third kappa shape index (κ3) is 2.17. The van der Waals surface area contributed by atoms with Gasteiger partial charge >= 0.3 is 0 Å². The molecular weight excluding hydrogens is 280 g/mol. The molecule has 3 aromatic rings. The van der Waals surface area contributed by atoms with Crippen molar-refractivity contribution in [2.45, 2.75) is 6.92 Å². The molecule has 0 aliphatic heterocycles. The first-order chi connectivity index (χ1) is 9.19. The Bertz CT molecular complexity index is 741. The molecule has 0 N–H and O–H groups in total. The van der Waals surface area contributed by atoms with Gasteiger partial charge in [0.2, 0.25) is 0 Å². The molecule has 0 aliphatic carbocycles. The zero-order chi connectivity index (χ0) is 13.4. The fourth-order valence-corrected chi connectivity index (χ4v) is 2.83. The third-order valence-corrected chi connectivity index (χ3v) is 3.90. The number of ether oxygens (including phenoxy) is 1. The van der Waals surface area contributed by atoms with Gasteiger partial charge in [-0.2, -0.15) is 11.3 Å². The van der Waals surface area contributed by atoms with Crippen LogP contribution in [0.3, 0.4) is 0 Å². The van der Waals surface area contributed by atoms with E-state index in [-0.39, 0.29) is 0 Å². The number of hydrogen-bond acceptors (Lipinski definition) is 4. The van der Waals surface area contributed by atoms with E-state index >= 15 is 0 Å². The lowest BCUT2D eigenvalue weighted by Gasteiger charge is -2.08. The van der Waals surface area contributed by atoms with Crippen LogP contribution in [-0.4, -0.2) is 17.1 Å². The van der Waals surface area contributed by atoms with Crippen LogP contribution in [0.5, 0.6) is 5.75 Å². The fourth-order valence-electron chi connectivity index (χ4n) is 1.97. The second kappa shape index (κ2) is 4.79. The maximum absolute atomic E-state index is 6.28. The molecule has 0 atom stereocenters. The summed E-state index contributed by atoms with van der Waals surface area (Å²) in [6.45, 7) is 1.99. The summed E-state index contributed by atoms with van der Waals surface area (Å²) in [5.41, 5.74) is 2.88. The first kappa shape index (κ1) is 12.4. The van der Waals surface area contributed by atoms with Crippen LogP contribution in [-0.2, 0) is 0 Å². The van der Waals surface area contributed by atoms with E-state index in [4.69, 9.17) is 16.3 Å². The normalized spacial score (nSPS) is 10.9. The van der Waals surface area contributed by atoms with Crippen LogP contribution < -0.4 is 4.74 Å². The van der Waals surface area contributed by atoms with Crippen LogP contribution in [0.15, 0.2) is 29.0 Å². The quantitative estimate of drug-likeness (QED) is 0.659. The highest BCUT2D eigenvalue weighted by Crippen LogP contribution is 2.30. The van der Waals surface area contributed by atoms with Gasteiger partial charge in [-0.25, -0.2) is 9.97 Å². The highest BCUT2D eigenvalue weighted by molar-refractivity contribution is 7.08. The molecule has 3 rings (SSSR count). The molecule has 2 aromatic heterocycles. The van der Waals surface area contributed by atoms with Crippen LogP contribution in [0.2, 0.25) is 5.15 Å². The number of halogens is 1. The van der Waals surface area contributed by atoms with Crippen molar-refractivity contribution in [3.63, 3.8) is 0 Å². The molecule has 0 aliphatic rings. The van der Waals surface area contributed by atoms with Crippen molar-refractivity contribution >= 4 is 33.8 Å². The molecule has 5 heteroatoms. The number of benzene rings is 1. The van der Waals surface area contributed by atoms with Crippen molar-refractivity contribution < 1.29 is 4.74 Å². The average molecular weight is 291 g/mol. The third-order valence-electron chi connectivity index (χ3n) is 2.93. The minimum absolute atomic E-state index is 0.452. The number of rotatable bonds is 2. The Morgan fingerprint density at radius 1 is 1.26 bits per heavy atom. The van der Waals surface area contributed by atoms with Crippen LogP contribution in [0.25, 0.3) is 22.3 Å². The van der Waals surface area contributed by atoms with Gasteiger partial charge in [0.15, 0.2) is 5.82 Å². The maximum Gasteiger partial charge on any atom is 0.162 e. The Hall–Kier alpha value is -1.65. The van der Waals surface area contributed by atoms with Crippen molar-refractivity contribution in [3.05, 3.63) is 39.7 Å². The summed E-state index contributed by atoms with van der Waals surface area (Å²) in [5.74, 6) is 1.42. The van der Waals surface area contributed by atoms with Gasteiger partial charge in [-0.3, -0.25) is 0 Å². The number of aromatic nitrogens is 2. The van der Waals surface area contributed by atoms with Gasteiger partial charge in [0.1, 0.15) is 10.9 Å². The van der Waals surface area contributed by atoms with E-state index < -0.39 is 0 Å². The molecular formula is C14H11ClN2OS. The number of nitrogens with zero attached hydrogens (tertiary/aromatic N) is 2. The standard InChI is InChI=1S/C14H11ClN2OS/c1-8-5-10(18-2)6-11-12(8)16-14(17-13(11)15)9-3-4-19-7-9/h3-7H,1-2H3. The molecule has 3 nitrogen and oxygen atoms in total. The molecule has 0 unspecified atom stereocenters. The predicted molar refractivity (Wildman–Crippen MR) is 79.2 cm³/mol. The summed E-state index contributed by atoms with van der Waals surface area (Å²) in [7, 11) is 1.63. The monoisotopic (exact) mass is 290 g/mol. The van der Waals surface area contributed by atoms with Crippen molar-refractivity contribution in [3.8, 4) is 17.1 Å². The molecule has 0 bridgehead atoms. The van der Waals surface area contributed by atoms with E-state index in [9.17, 15) is 0 Å². The Balaban J connectivity index is 2.29. The van der Waals surface area contributed by atoms with Gasteiger partial charge in [-0.15, -0.1) is 0 Å². The minimum Gasteiger partial charge on any atom is -0.497 e. The van der Waals surface area contributed by atoms with Gasteiger partial charge in [0, 0.05) is 16.3 Å². The number of methoxy groups -OCH3 is 1. The summed E-state index contributed by atoms with van der Waals surface area (Å²) in [6.07, 6.45) is 0. The lowest BCUT2D eigenvalue weighted by atomic mass is 10.1. The number of hydrogen-bond donors (Lipinski definition) is 0. The molecule has 0 spiro atoms. The first-order valence-electron chi connectivity index (χ1n) is 5.73. The molecule has 0 radical (unpaired) electrons. The highest BCUT2D eigenvalue weighted by Gasteiger charge is 2.11. The number of fused-ring (bicyclic) bond motifs is 1. The molecule has 0 fully saturated rings. The van der Waals surface area contributed by atoms with E-state index in [2.05, 4.69) is 9.97 Å². The number of thiophene rings is 1. The summed E-state index contributed by atoms with van der Waals surface area (Å²) >= 11 is 7.89. The average Bonchev–Trinajstić information content (AvgIpc) is 2.93. The lowest BCUT2D eigenvalue weighted by Crippen LogP contribution is -1.94. The number of aryl methyl sites for hydroxylation is 1. The van der Waals surface area contributed by atoms with Crippen molar-refractivity contribution in [2.24, 2.45) is 0 Å². The largest absolute Gasteiger partial charge is 0.497 e. The highest BCUT2D eigenvalue weighted by atomic mass is 35.5. The Morgan fingerprint density at radius 3 is 2.79 bits per heavy atom.